The molecule has 82 valence electrons. The van der Waals surface area contributed by atoms with Gasteiger partial charge in [-0.05, 0) is 19.1 Å². The summed E-state index contributed by atoms with van der Waals surface area (Å²) in [5, 5.41) is 0. The summed E-state index contributed by atoms with van der Waals surface area (Å²) < 4.78 is 0. The minimum Gasteiger partial charge on any atom is -0.336 e. The van der Waals surface area contributed by atoms with Gasteiger partial charge in [-0.1, -0.05) is 6.07 Å². The zero-order valence-electron chi connectivity index (χ0n) is 9.14. The van der Waals surface area contributed by atoms with Crippen molar-refractivity contribution in [3.8, 4) is 0 Å². The molecule has 5 nitrogen and oxygen atoms in total. The summed E-state index contributed by atoms with van der Waals surface area (Å²) in [4.78, 5) is 10.3. The number of aromatic nitrogens is 1. The van der Waals surface area contributed by atoms with Gasteiger partial charge >= 0.3 is 0 Å². The molecule has 0 radical (unpaired) electrons. The van der Waals surface area contributed by atoms with Crippen LogP contribution in [0.3, 0.4) is 0 Å². The topological polar surface area (TPSA) is 66.5 Å². The van der Waals surface area contributed by atoms with E-state index in [2.05, 4.69) is 15.4 Å². The third-order valence-corrected chi connectivity index (χ3v) is 2.10. The molecule has 1 rings (SSSR count). The Kier molecular flexibility index (Phi) is 4.56. The monoisotopic (exact) mass is 207 g/mol. The number of nitrogens with two attached hydrogens (primary N) is 1. The summed E-state index contributed by atoms with van der Waals surface area (Å²) in [5.74, 6) is 6.04. The van der Waals surface area contributed by atoms with E-state index < -0.39 is 0 Å². The molecule has 15 heavy (non-hydrogen) atoms. The number of hydrogen-bond donors (Lipinski definition) is 2. The fourth-order valence-corrected chi connectivity index (χ4v) is 1.32. The van der Waals surface area contributed by atoms with Crippen molar-refractivity contribution in [2.45, 2.75) is 13.5 Å². The van der Waals surface area contributed by atoms with E-state index in [9.17, 15) is 0 Å². The molecule has 0 amide bonds. The maximum Gasteiger partial charge on any atom is 0.208 e. The van der Waals surface area contributed by atoms with Gasteiger partial charge in [-0.3, -0.25) is 15.4 Å². The third kappa shape index (κ3) is 3.21. The number of hydrazine groups is 1. The number of aliphatic imine (C=N–C) groups is 1. The van der Waals surface area contributed by atoms with Gasteiger partial charge in [0.25, 0.3) is 0 Å². The molecule has 3 N–H and O–H groups in total. The quantitative estimate of drug-likeness (QED) is 0.325. The van der Waals surface area contributed by atoms with Crippen molar-refractivity contribution in [2.24, 2.45) is 10.8 Å². The number of rotatable bonds is 3. The predicted octanol–water partition coefficient (Wildman–Crippen LogP) is 0.353. The molecule has 1 heterocycles. The third-order valence-electron chi connectivity index (χ3n) is 2.10. The standard InChI is InChI=1S/C10H17N5/c1-3-15(10(12-2)14-11)8-9-6-4-5-7-13-9/h4-7H,3,8,11H2,1-2H3,(H,12,14). The summed E-state index contributed by atoms with van der Waals surface area (Å²) in [6, 6.07) is 5.84. The molecule has 0 bridgehead atoms. The molecular formula is C10H17N5. The lowest BCUT2D eigenvalue weighted by Crippen LogP contribution is -2.44. The summed E-state index contributed by atoms with van der Waals surface area (Å²) in [5.41, 5.74) is 3.57. The Labute approximate surface area is 90.0 Å². The van der Waals surface area contributed by atoms with Crippen LogP contribution in [0.1, 0.15) is 12.6 Å². The summed E-state index contributed by atoms with van der Waals surface area (Å²) in [7, 11) is 1.70. The van der Waals surface area contributed by atoms with E-state index >= 15 is 0 Å². The minimum absolute atomic E-state index is 0.670. The molecule has 1 aromatic heterocycles. The van der Waals surface area contributed by atoms with Crippen molar-refractivity contribution in [3.63, 3.8) is 0 Å². The number of hydrogen-bond acceptors (Lipinski definition) is 3. The zero-order valence-corrected chi connectivity index (χ0v) is 9.14. The first kappa shape index (κ1) is 11.5. The maximum absolute atomic E-state index is 5.37. The van der Waals surface area contributed by atoms with Crippen molar-refractivity contribution < 1.29 is 0 Å². The van der Waals surface area contributed by atoms with Crippen LogP contribution in [-0.4, -0.2) is 29.4 Å². The second-order valence-corrected chi connectivity index (χ2v) is 3.03. The number of nitrogens with zero attached hydrogens (tertiary/aromatic N) is 3. The van der Waals surface area contributed by atoms with Gasteiger partial charge in [-0.25, -0.2) is 5.84 Å². The average Bonchev–Trinajstić information content (AvgIpc) is 2.30. The van der Waals surface area contributed by atoms with Crippen molar-refractivity contribution in [1.29, 1.82) is 0 Å². The van der Waals surface area contributed by atoms with E-state index in [0.717, 1.165) is 12.2 Å². The van der Waals surface area contributed by atoms with Gasteiger partial charge in [0, 0.05) is 19.8 Å². The van der Waals surface area contributed by atoms with E-state index in [1.807, 2.05) is 30.0 Å². The number of pyridine rings is 1. The fraction of sp³-hybridized carbons (Fsp3) is 0.400. The van der Waals surface area contributed by atoms with Crippen LogP contribution >= 0.6 is 0 Å². The van der Waals surface area contributed by atoms with E-state index in [1.54, 1.807) is 13.2 Å². The van der Waals surface area contributed by atoms with Crippen LogP contribution in [0.15, 0.2) is 29.4 Å². The Morgan fingerprint density at radius 3 is 2.87 bits per heavy atom. The molecule has 0 aliphatic rings. The van der Waals surface area contributed by atoms with Crippen LogP contribution in [0.2, 0.25) is 0 Å². The fourth-order valence-electron chi connectivity index (χ4n) is 1.32. The van der Waals surface area contributed by atoms with Crippen LogP contribution in [0.25, 0.3) is 0 Å². The SMILES string of the molecule is CCN(Cc1ccccn1)C(=NC)NN. The van der Waals surface area contributed by atoms with Gasteiger partial charge in [-0.15, -0.1) is 0 Å². The van der Waals surface area contributed by atoms with Crippen LogP contribution in [0.4, 0.5) is 0 Å². The first-order valence-electron chi connectivity index (χ1n) is 4.90. The summed E-state index contributed by atoms with van der Waals surface area (Å²) in [6.45, 7) is 3.58. The second kappa shape index (κ2) is 5.98. The lowest BCUT2D eigenvalue weighted by molar-refractivity contribution is 0.413. The van der Waals surface area contributed by atoms with Crippen molar-refractivity contribution in [2.75, 3.05) is 13.6 Å². The van der Waals surface area contributed by atoms with E-state index in [1.165, 1.54) is 0 Å². The predicted molar refractivity (Wildman–Crippen MR) is 61.0 cm³/mol. The molecule has 0 aliphatic carbocycles. The lowest BCUT2D eigenvalue weighted by atomic mass is 10.3. The highest BCUT2D eigenvalue weighted by Crippen LogP contribution is 2.00. The number of guanidine groups is 1. The molecule has 1 aromatic rings. The Bertz CT molecular complexity index is 309. The maximum atomic E-state index is 5.37. The van der Waals surface area contributed by atoms with Crippen molar-refractivity contribution in [3.05, 3.63) is 30.1 Å². The molecule has 0 aliphatic heterocycles. The van der Waals surface area contributed by atoms with E-state index in [4.69, 9.17) is 5.84 Å². The second-order valence-electron chi connectivity index (χ2n) is 3.03. The molecular weight excluding hydrogens is 190 g/mol. The van der Waals surface area contributed by atoms with Crippen LogP contribution in [0, 0.1) is 0 Å². The Morgan fingerprint density at radius 2 is 2.40 bits per heavy atom. The average molecular weight is 207 g/mol. The minimum atomic E-state index is 0.670. The van der Waals surface area contributed by atoms with Gasteiger partial charge in [-0.2, -0.15) is 0 Å². The van der Waals surface area contributed by atoms with Gasteiger partial charge < -0.3 is 4.90 Å². The van der Waals surface area contributed by atoms with Crippen LogP contribution in [-0.2, 0) is 6.54 Å². The molecule has 0 saturated carbocycles. The Balaban J connectivity index is 2.70. The molecule has 0 atom stereocenters. The van der Waals surface area contributed by atoms with Crippen LogP contribution < -0.4 is 11.3 Å². The Hall–Kier alpha value is -1.62. The van der Waals surface area contributed by atoms with Gasteiger partial charge in [0.1, 0.15) is 0 Å². The molecule has 0 spiro atoms. The molecule has 0 aromatic carbocycles. The largest absolute Gasteiger partial charge is 0.336 e. The van der Waals surface area contributed by atoms with Gasteiger partial charge in [0.15, 0.2) is 0 Å². The van der Waals surface area contributed by atoms with Gasteiger partial charge in [0.05, 0.1) is 12.2 Å². The molecule has 5 heteroatoms. The van der Waals surface area contributed by atoms with Crippen LogP contribution in [0.5, 0.6) is 0 Å². The summed E-state index contributed by atoms with van der Waals surface area (Å²) >= 11 is 0. The smallest absolute Gasteiger partial charge is 0.208 e. The number of nitrogens with one attached hydrogen (secondary N) is 1. The van der Waals surface area contributed by atoms with E-state index in [-0.39, 0.29) is 0 Å². The first-order chi connectivity index (χ1) is 7.31. The highest BCUT2D eigenvalue weighted by atomic mass is 15.4. The Morgan fingerprint density at radius 1 is 1.60 bits per heavy atom. The van der Waals surface area contributed by atoms with Crippen molar-refractivity contribution in [1.82, 2.24) is 15.3 Å². The lowest BCUT2D eigenvalue weighted by Gasteiger charge is -2.23. The highest BCUT2D eigenvalue weighted by Gasteiger charge is 2.07. The summed E-state index contributed by atoms with van der Waals surface area (Å²) in [6.07, 6.45) is 1.78. The highest BCUT2D eigenvalue weighted by molar-refractivity contribution is 5.79. The normalized spacial score (nSPS) is 11.3. The molecule has 0 unspecified atom stereocenters. The molecule has 0 saturated heterocycles. The first-order valence-corrected chi connectivity index (χ1v) is 4.90. The molecule has 0 fully saturated rings. The van der Waals surface area contributed by atoms with Gasteiger partial charge in [0.2, 0.25) is 5.96 Å². The zero-order chi connectivity index (χ0) is 11.1. The van der Waals surface area contributed by atoms with Crippen molar-refractivity contribution >= 4 is 5.96 Å². The van der Waals surface area contributed by atoms with E-state index in [0.29, 0.717) is 12.5 Å².